The van der Waals surface area contributed by atoms with E-state index in [2.05, 4.69) is 24.0 Å². The first-order valence-electron chi connectivity index (χ1n) is 10.3. The topological polar surface area (TPSA) is 79.3 Å². The molecule has 0 aromatic carbocycles. The minimum Gasteiger partial charge on any atom is -0.475 e. The number of hydroxylamine groups is 2. The van der Waals surface area contributed by atoms with Gasteiger partial charge >= 0.3 is 12.1 Å². The van der Waals surface area contributed by atoms with E-state index in [1.54, 1.807) is 5.06 Å². The highest BCUT2D eigenvalue weighted by Crippen LogP contribution is 2.35. The van der Waals surface area contributed by atoms with Crippen LogP contribution in [0.25, 0.3) is 0 Å². The molecule has 0 radical (unpaired) electrons. The van der Waals surface area contributed by atoms with Gasteiger partial charge in [0.25, 0.3) is 0 Å². The molecule has 0 spiro atoms. The summed E-state index contributed by atoms with van der Waals surface area (Å²) in [6.45, 7) is 6.66. The van der Waals surface area contributed by atoms with Crippen LogP contribution in [-0.4, -0.2) is 71.6 Å². The minimum absolute atomic E-state index is 0.0733. The number of likely N-dealkylation sites (tertiary alicyclic amines) is 1. The summed E-state index contributed by atoms with van der Waals surface area (Å²) in [5.74, 6) is -2.09. The standard InChI is InChI=1S/C18H26N2O3S.C2HF3O2/c1-13-4-5-16(24-13)11-19-10-14-8-15(23-17(14)12-19)9-18(21)20-6-2-3-7-22-20;3-2(4,5)1(6)7/h4-5,14-15,17H,2-3,6-12H2,1H3;(H,6,7)/t14-,15-,17+;/m0./s1. The number of ether oxygens (including phenoxy) is 1. The average molecular weight is 465 g/mol. The fourth-order valence-electron chi connectivity index (χ4n) is 4.09. The molecule has 1 N–H and O–H groups in total. The molecule has 1 aromatic heterocycles. The lowest BCUT2D eigenvalue weighted by molar-refractivity contribution is -0.199. The highest BCUT2D eigenvalue weighted by Gasteiger charge is 2.43. The predicted octanol–water partition coefficient (Wildman–Crippen LogP) is 3.22. The molecule has 0 unspecified atom stereocenters. The van der Waals surface area contributed by atoms with E-state index < -0.39 is 12.1 Å². The highest BCUT2D eigenvalue weighted by molar-refractivity contribution is 7.11. The van der Waals surface area contributed by atoms with Crippen molar-refractivity contribution in [2.45, 2.75) is 57.5 Å². The number of aryl methyl sites for hydroxylation is 1. The molecule has 4 heterocycles. The van der Waals surface area contributed by atoms with Gasteiger partial charge in [0, 0.05) is 41.9 Å². The van der Waals surface area contributed by atoms with E-state index in [4.69, 9.17) is 19.5 Å². The van der Waals surface area contributed by atoms with Crippen LogP contribution in [0, 0.1) is 12.8 Å². The van der Waals surface area contributed by atoms with Crippen LogP contribution in [0.4, 0.5) is 13.2 Å². The zero-order chi connectivity index (χ0) is 22.6. The van der Waals surface area contributed by atoms with E-state index in [9.17, 15) is 18.0 Å². The van der Waals surface area contributed by atoms with Crippen molar-refractivity contribution in [3.05, 3.63) is 21.9 Å². The molecule has 0 saturated carbocycles. The summed E-state index contributed by atoms with van der Waals surface area (Å²) in [5, 5.41) is 8.67. The van der Waals surface area contributed by atoms with Crippen LogP contribution in [0.5, 0.6) is 0 Å². The Kier molecular flexibility index (Phi) is 7.95. The van der Waals surface area contributed by atoms with Crippen LogP contribution in [-0.2, 0) is 25.7 Å². The number of rotatable bonds is 4. The second-order valence-electron chi connectivity index (χ2n) is 8.04. The Morgan fingerprint density at radius 3 is 2.55 bits per heavy atom. The van der Waals surface area contributed by atoms with Crippen molar-refractivity contribution in [2.24, 2.45) is 5.92 Å². The molecule has 3 aliphatic rings. The number of amides is 1. The minimum atomic E-state index is -5.08. The van der Waals surface area contributed by atoms with E-state index in [1.165, 1.54) is 9.75 Å². The summed E-state index contributed by atoms with van der Waals surface area (Å²) < 4.78 is 37.9. The van der Waals surface area contributed by atoms with Crippen LogP contribution in [0.15, 0.2) is 12.1 Å². The van der Waals surface area contributed by atoms with E-state index in [1.807, 2.05) is 11.3 Å². The third-order valence-electron chi connectivity index (χ3n) is 5.49. The van der Waals surface area contributed by atoms with Crippen molar-refractivity contribution in [1.82, 2.24) is 9.96 Å². The molecule has 4 rings (SSSR count). The molecule has 3 fully saturated rings. The molecule has 174 valence electrons. The Morgan fingerprint density at radius 1 is 1.26 bits per heavy atom. The van der Waals surface area contributed by atoms with Crippen molar-refractivity contribution in [3.63, 3.8) is 0 Å². The molecule has 3 saturated heterocycles. The summed E-state index contributed by atoms with van der Waals surface area (Å²) in [4.78, 5) is 31.9. The van der Waals surface area contributed by atoms with Gasteiger partial charge in [0.2, 0.25) is 5.91 Å². The van der Waals surface area contributed by atoms with E-state index in [0.29, 0.717) is 25.0 Å². The van der Waals surface area contributed by atoms with Gasteiger partial charge in [-0.1, -0.05) is 0 Å². The molecule has 1 aromatic rings. The maximum Gasteiger partial charge on any atom is 0.490 e. The molecule has 3 aliphatic heterocycles. The number of hydrogen-bond donors (Lipinski definition) is 1. The second kappa shape index (κ2) is 10.3. The van der Waals surface area contributed by atoms with Crippen molar-refractivity contribution < 1.29 is 37.4 Å². The predicted molar refractivity (Wildman–Crippen MR) is 106 cm³/mol. The number of fused-ring (bicyclic) bond motifs is 1. The molecular formula is C20H27F3N2O5S. The maximum absolute atomic E-state index is 12.3. The van der Waals surface area contributed by atoms with E-state index >= 15 is 0 Å². The zero-order valence-corrected chi connectivity index (χ0v) is 18.1. The van der Waals surface area contributed by atoms with Crippen LogP contribution < -0.4 is 0 Å². The quantitative estimate of drug-likeness (QED) is 0.737. The lowest BCUT2D eigenvalue weighted by atomic mass is 10.0. The van der Waals surface area contributed by atoms with Crippen molar-refractivity contribution in [1.29, 1.82) is 0 Å². The lowest BCUT2D eigenvalue weighted by Crippen LogP contribution is -2.37. The Labute approximate surface area is 182 Å². The molecule has 3 atom stereocenters. The molecule has 11 heteroatoms. The Bertz CT molecular complexity index is 752. The zero-order valence-electron chi connectivity index (χ0n) is 17.3. The Morgan fingerprint density at radius 2 is 2.00 bits per heavy atom. The molecule has 31 heavy (non-hydrogen) atoms. The molecular weight excluding hydrogens is 437 g/mol. The van der Waals surface area contributed by atoms with Crippen molar-refractivity contribution >= 4 is 23.2 Å². The van der Waals surface area contributed by atoms with Gasteiger partial charge in [-0.15, -0.1) is 11.3 Å². The van der Waals surface area contributed by atoms with Gasteiger partial charge in [-0.25, -0.2) is 9.86 Å². The summed E-state index contributed by atoms with van der Waals surface area (Å²) in [6.07, 6.45) is -1.15. The van der Waals surface area contributed by atoms with Gasteiger partial charge in [-0.2, -0.15) is 13.2 Å². The van der Waals surface area contributed by atoms with Gasteiger partial charge in [-0.05, 0) is 38.3 Å². The number of carboxylic acids is 1. The fraction of sp³-hybridized carbons (Fsp3) is 0.700. The number of carboxylic acid groups (broad SMARTS) is 1. The number of aliphatic carboxylic acids is 1. The van der Waals surface area contributed by atoms with Crippen molar-refractivity contribution in [2.75, 3.05) is 26.2 Å². The number of halogens is 3. The number of carbonyl (C=O) groups is 2. The summed E-state index contributed by atoms with van der Waals surface area (Å²) in [7, 11) is 0. The average Bonchev–Trinajstić information content (AvgIpc) is 3.37. The highest BCUT2D eigenvalue weighted by atomic mass is 32.1. The third kappa shape index (κ3) is 6.90. The largest absolute Gasteiger partial charge is 0.490 e. The van der Waals surface area contributed by atoms with Crippen LogP contribution >= 0.6 is 11.3 Å². The van der Waals surface area contributed by atoms with Crippen LogP contribution in [0.2, 0.25) is 0 Å². The lowest BCUT2D eigenvalue weighted by Gasteiger charge is -2.27. The molecule has 0 aliphatic carbocycles. The number of alkyl halides is 3. The van der Waals surface area contributed by atoms with Gasteiger partial charge in [0.1, 0.15) is 0 Å². The van der Waals surface area contributed by atoms with Crippen LogP contribution in [0.1, 0.15) is 35.4 Å². The first kappa shape index (κ1) is 24.0. The first-order chi connectivity index (χ1) is 14.6. The monoisotopic (exact) mass is 464 g/mol. The molecule has 1 amide bonds. The van der Waals surface area contributed by atoms with Gasteiger partial charge in [-0.3, -0.25) is 14.5 Å². The SMILES string of the molecule is Cc1ccc(CN2C[C@@H]3C[C@@H](CC(=O)N4CCCCO4)O[C@@H]3C2)s1.O=C(O)C(F)(F)F. The number of thiophene rings is 1. The Hall–Kier alpha value is -1.69. The maximum atomic E-state index is 12.3. The van der Waals surface area contributed by atoms with E-state index in [-0.39, 0.29) is 12.0 Å². The number of hydrogen-bond acceptors (Lipinski definition) is 6. The molecule has 7 nitrogen and oxygen atoms in total. The summed E-state index contributed by atoms with van der Waals surface area (Å²) in [6, 6.07) is 4.42. The second-order valence-corrected chi connectivity index (χ2v) is 9.41. The Balaban J connectivity index is 0.000000339. The number of nitrogens with zero attached hydrogens (tertiary/aromatic N) is 2. The van der Waals surface area contributed by atoms with Gasteiger partial charge in [0.05, 0.1) is 25.2 Å². The fourth-order valence-corrected chi connectivity index (χ4v) is 5.02. The van der Waals surface area contributed by atoms with Gasteiger partial charge < -0.3 is 9.84 Å². The third-order valence-corrected chi connectivity index (χ3v) is 6.48. The summed E-state index contributed by atoms with van der Waals surface area (Å²) in [5.41, 5.74) is 0. The van der Waals surface area contributed by atoms with Gasteiger partial charge in [0.15, 0.2) is 0 Å². The number of carbonyl (C=O) groups excluding carboxylic acids is 1. The molecule has 0 bridgehead atoms. The normalized spacial score (nSPS) is 26.3. The summed E-state index contributed by atoms with van der Waals surface area (Å²) >= 11 is 1.88. The van der Waals surface area contributed by atoms with E-state index in [0.717, 1.165) is 45.4 Å². The smallest absolute Gasteiger partial charge is 0.475 e. The van der Waals surface area contributed by atoms with Crippen molar-refractivity contribution in [3.8, 4) is 0 Å². The first-order valence-corrected chi connectivity index (χ1v) is 11.1. The van der Waals surface area contributed by atoms with Crippen LogP contribution in [0.3, 0.4) is 0 Å².